The lowest BCUT2D eigenvalue weighted by molar-refractivity contribution is -0.144. The fraction of sp³-hybridized carbons (Fsp3) is 0.467. The number of nitrogens with two attached hydrogens (primary N) is 1. The molecule has 0 aliphatic carbocycles. The van der Waals surface area contributed by atoms with Crippen molar-refractivity contribution >= 4 is 63.3 Å². The van der Waals surface area contributed by atoms with E-state index in [4.69, 9.17) is 24.7 Å². The molecule has 4 heterocycles. The standard InChI is InChI=1S/C45H59N11O9S/c1-28-38(66-27-49-28)30-11-9-29(10-12-30)24-48-42(60)35-23-31(57)25-56(35)43(61)39(45(2,3)4)51-36(58)26-65-22-21-64-20-19-63-18-17-62-16-15-55-14-13-32-33(7-6-8-34(32)55)50-41-37(40(46)59)53-54-44(47-5)52-41/h6-14,27,31,35,39,57H,15-26H2,1-5H3,(H2,46,59)(H,48,60)(H,51,58)(H2,47,50,52,54)/t31-,35+,39-/m1/s1. The highest BCUT2D eigenvalue weighted by Crippen LogP contribution is 2.30. The van der Waals surface area contributed by atoms with Crippen LogP contribution in [0.15, 0.2) is 60.2 Å². The maximum Gasteiger partial charge on any atom is 0.273 e. The highest BCUT2D eigenvalue weighted by Gasteiger charge is 2.44. The number of anilines is 3. The van der Waals surface area contributed by atoms with E-state index in [0.717, 1.165) is 38.3 Å². The molecule has 0 radical (unpaired) electrons. The lowest BCUT2D eigenvalue weighted by Gasteiger charge is -2.35. The van der Waals surface area contributed by atoms with Crippen LogP contribution in [0.2, 0.25) is 0 Å². The topological polar surface area (TPSA) is 259 Å². The van der Waals surface area contributed by atoms with Crippen molar-refractivity contribution in [2.24, 2.45) is 11.1 Å². The molecule has 1 saturated heterocycles. The SMILES string of the molecule is CNc1nnc(C(N)=O)c(Nc2cccc3c2ccn3CCOCCOCCOCCOCC(=O)N[C@H](C(=O)N2C[C@H](O)C[C@H]2C(=O)NCc2ccc(-c3scnc3C)cc2)C(C)(C)C)n1. The molecule has 7 N–H and O–H groups in total. The number of carbonyl (C=O) groups excluding carboxylic acids is 4. The molecule has 0 saturated carbocycles. The lowest BCUT2D eigenvalue weighted by Crippen LogP contribution is -2.58. The molecule has 0 unspecified atom stereocenters. The molecule has 4 amide bonds. The molecule has 21 heteroatoms. The van der Waals surface area contributed by atoms with Crippen LogP contribution in [0.4, 0.5) is 17.5 Å². The van der Waals surface area contributed by atoms with Crippen molar-refractivity contribution < 1.29 is 43.2 Å². The third-order valence-corrected chi connectivity index (χ3v) is 11.7. The van der Waals surface area contributed by atoms with Gasteiger partial charge in [-0.05, 0) is 41.7 Å². The Labute approximate surface area is 387 Å². The number of likely N-dealkylation sites (tertiary alicyclic amines) is 1. The zero-order valence-corrected chi connectivity index (χ0v) is 38.7. The van der Waals surface area contributed by atoms with Crippen LogP contribution >= 0.6 is 11.3 Å². The average Bonchev–Trinajstić information content (AvgIpc) is 4.04. The van der Waals surface area contributed by atoms with Crippen molar-refractivity contribution in [1.82, 2.24) is 40.3 Å². The number of primary amides is 1. The number of benzene rings is 2. The van der Waals surface area contributed by atoms with Crippen molar-refractivity contribution in [3.8, 4) is 10.4 Å². The third kappa shape index (κ3) is 13.3. The van der Waals surface area contributed by atoms with Gasteiger partial charge in [0.2, 0.25) is 23.7 Å². The van der Waals surface area contributed by atoms with Crippen LogP contribution in [0, 0.1) is 12.3 Å². The first-order valence-electron chi connectivity index (χ1n) is 21.7. The summed E-state index contributed by atoms with van der Waals surface area (Å²) in [6.07, 6.45) is 1.17. The fourth-order valence-corrected chi connectivity index (χ4v) is 8.12. The van der Waals surface area contributed by atoms with E-state index in [1.165, 1.54) is 4.90 Å². The molecule has 0 spiro atoms. The number of carbonyl (C=O) groups is 4. The summed E-state index contributed by atoms with van der Waals surface area (Å²) < 4.78 is 24.6. The summed E-state index contributed by atoms with van der Waals surface area (Å²) >= 11 is 1.57. The number of ether oxygens (including phenoxy) is 4. The van der Waals surface area contributed by atoms with E-state index in [-0.39, 0.29) is 62.7 Å². The number of amides is 4. The summed E-state index contributed by atoms with van der Waals surface area (Å²) in [6.45, 7) is 10.2. The second kappa shape index (κ2) is 23.4. The van der Waals surface area contributed by atoms with E-state index in [9.17, 15) is 24.3 Å². The highest BCUT2D eigenvalue weighted by atomic mass is 32.1. The van der Waals surface area contributed by atoms with Gasteiger partial charge in [0, 0.05) is 50.4 Å². The van der Waals surface area contributed by atoms with Gasteiger partial charge in [0.15, 0.2) is 11.5 Å². The molecule has 5 aromatic rings. The average molecular weight is 930 g/mol. The smallest absolute Gasteiger partial charge is 0.273 e. The Hall–Kier alpha value is -6.10. The number of aliphatic hydroxyl groups excluding tert-OH is 1. The van der Waals surface area contributed by atoms with Crippen LogP contribution in [0.5, 0.6) is 0 Å². The van der Waals surface area contributed by atoms with Crippen molar-refractivity contribution in [2.45, 2.75) is 65.4 Å². The molecule has 354 valence electrons. The fourth-order valence-electron chi connectivity index (χ4n) is 7.31. The number of hydrogen-bond acceptors (Lipinski definition) is 16. The van der Waals surface area contributed by atoms with Crippen LogP contribution in [-0.4, -0.2) is 143 Å². The molecule has 6 rings (SSSR count). The number of rotatable bonds is 24. The molecule has 20 nitrogen and oxygen atoms in total. The Morgan fingerprint density at radius 1 is 0.939 bits per heavy atom. The number of aliphatic hydroxyl groups is 1. The molecular formula is C45H59N11O9S. The predicted octanol–water partition coefficient (Wildman–Crippen LogP) is 3.02. The van der Waals surface area contributed by atoms with Crippen molar-refractivity contribution in [1.29, 1.82) is 0 Å². The maximum absolute atomic E-state index is 13.9. The predicted molar refractivity (Wildman–Crippen MR) is 248 cm³/mol. The van der Waals surface area contributed by atoms with Gasteiger partial charge in [-0.15, -0.1) is 21.5 Å². The summed E-state index contributed by atoms with van der Waals surface area (Å²) in [6, 6.07) is 13.7. The molecule has 3 aromatic heterocycles. The van der Waals surface area contributed by atoms with E-state index < -0.39 is 41.3 Å². The third-order valence-electron chi connectivity index (χ3n) is 10.7. The molecule has 0 bridgehead atoms. The lowest BCUT2D eigenvalue weighted by atomic mass is 9.85. The summed E-state index contributed by atoms with van der Waals surface area (Å²) in [5.41, 5.74) is 11.1. The second-order valence-electron chi connectivity index (χ2n) is 16.7. The van der Waals surface area contributed by atoms with Gasteiger partial charge in [-0.1, -0.05) is 51.1 Å². The highest BCUT2D eigenvalue weighted by molar-refractivity contribution is 7.13. The van der Waals surface area contributed by atoms with Crippen LogP contribution in [0.25, 0.3) is 21.3 Å². The van der Waals surface area contributed by atoms with Crippen LogP contribution < -0.4 is 27.0 Å². The Bertz CT molecular complexity index is 2420. The van der Waals surface area contributed by atoms with Crippen molar-refractivity contribution in [3.05, 3.63) is 77.2 Å². The summed E-state index contributed by atoms with van der Waals surface area (Å²) in [4.78, 5) is 63.2. The molecule has 3 atom stereocenters. The number of fused-ring (bicyclic) bond motifs is 1. The summed E-state index contributed by atoms with van der Waals surface area (Å²) in [7, 11) is 1.65. The maximum atomic E-state index is 13.9. The van der Waals surface area contributed by atoms with Gasteiger partial charge in [0.25, 0.3) is 5.91 Å². The molecule has 1 fully saturated rings. The first kappa shape index (κ1) is 49.3. The van der Waals surface area contributed by atoms with Gasteiger partial charge in [0.1, 0.15) is 18.7 Å². The molecule has 1 aliphatic heterocycles. The number of nitrogens with one attached hydrogen (secondary N) is 4. The van der Waals surface area contributed by atoms with Gasteiger partial charge in [-0.2, -0.15) is 4.98 Å². The molecular weight excluding hydrogens is 871 g/mol. The van der Waals surface area contributed by atoms with E-state index in [2.05, 4.69) is 46.0 Å². The first-order chi connectivity index (χ1) is 31.7. The number of nitrogens with zero attached hydrogens (tertiary/aromatic N) is 6. The van der Waals surface area contributed by atoms with Gasteiger partial charge < -0.3 is 60.5 Å². The van der Waals surface area contributed by atoms with E-state index in [0.29, 0.717) is 39.6 Å². The van der Waals surface area contributed by atoms with E-state index >= 15 is 0 Å². The molecule has 2 aromatic carbocycles. The number of thiazole rings is 1. The number of aromatic nitrogens is 5. The normalized spacial score (nSPS) is 15.5. The zero-order chi connectivity index (χ0) is 47.2. The Morgan fingerprint density at radius 3 is 2.29 bits per heavy atom. The Kier molecular flexibility index (Phi) is 17.5. The monoisotopic (exact) mass is 929 g/mol. The largest absolute Gasteiger partial charge is 0.391 e. The Morgan fingerprint density at radius 2 is 1.64 bits per heavy atom. The number of aryl methyl sites for hydroxylation is 1. The number of β-amino-alcohol motifs (C(OH)–C–C–N with tert-alkyl or cyclic N) is 1. The van der Waals surface area contributed by atoms with Crippen LogP contribution in [0.3, 0.4) is 0 Å². The van der Waals surface area contributed by atoms with Gasteiger partial charge >= 0.3 is 0 Å². The van der Waals surface area contributed by atoms with Gasteiger partial charge in [-0.25, -0.2) is 4.98 Å². The van der Waals surface area contributed by atoms with Gasteiger partial charge in [-0.3, -0.25) is 19.2 Å². The molecule has 1 aliphatic rings. The summed E-state index contributed by atoms with van der Waals surface area (Å²) in [5.74, 6) is -1.62. The minimum absolute atomic E-state index is 0.0215. The van der Waals surface area contributed by atoms with E-state index in [1.807, 2.05) is 87.9 Å². The van der Waals surface area contributed by atoms with Crippen LogP contribution in [-0.2, 0) is 46.4 Å². The quantitative estimate of drug-likeness (QED) is 0.0486. The second-order valence-corrected chi connectivity index (χ2v) is 17.5. The minimum atomic E-state index is -0.971. The number of hydrogen-bond donors (Lipinski definition) is 6. The Balaban J connectivity index is 0.837. The first-order valence-corrected chi connectivity index (χ1v) is 22.5. The van der Waals surface area contributed by atoms with Gasteiger partial charge in [0.05, 0.1) is 74.0 Å². The van der Waals surface area contributed by atoms with Crippen molar-refractivity contribution in [3.63, 3.8) is 0 Å². The minimum Gasteiger partial charge on any atom is -0.391 e. The zero-order valence-electron chi connectivity index (χ0n) is 37.9. The van der Waals surface area contributed by atoms with Crippen LogP contribution in [0.1, 0.15) is 48.9 Å². The van der Waals surface area contributed by atoms with E-state index in [1.54, 1.807) is 18.4 Å². The van der Waals surface area contributed by atoms with Crippen molar-refractivity contribution in [2.75, 3.05) is 77.1 Å². The summed E-state index contributed by atoms with van der Waals surface area (Å²) in [5, 5.41) is 30.8. The molecule has 66 heavy (non-hydrogen) atoms.